The molecule has 3 rings (SSSR count). The third kappa shape index (κ3) is 4.17. The van der Waals surface area contributed by atoms with Crippen LogP contribution >= 0.6 is 0 Å². The molecule has 8 heteroatoms. The summed E-state index contributed by atoms with van der Waals surface area (Å²) >= 11 is 0. The normalized spacial score (nSPS) is 10.4. The summed E-state index contributed by atoms with van der Waals surface area (Å²) < 4.78 is 32.2. The molecule has 1 aromatic heterocycles. The number of benzene rings is 2. The Morgan fingerprint density at radius 1 is 1.04 bits per heavy atom. The van der Waals surface area contributed by atoms with Gasteiger partial charge in [-0.3, -0.25) is 0 Å². The van der Waals surface area contributed by atoms with E-state index in [1.54, 1.807) is 0 Å². The van der Waals surface area contributed by atoms with E-state index in [1.165, 1.54) is 12.3 Å². The highest BCUT2D eigenvalue weighted by atomic mass is 19.1. The zero-order valence-corrected chi connectivity index (χ0v) is 13.3. The van der Waals surface area contributed by atoms with Gasteiger partial charge in [-0.25, -0.2) is 8.78 Å². The van der Waals surface area contributed by atoms with Crippen molar-refractivity contribution >= 4 is 23.1 Å². The maximum Gasteiger partial charge on any atom is 0.249 e. The van der Waals surface area contributed by atoms with E-state index >= 15 is 0 Å². The number of para-hydroxylation sites is 2. The fourth-order valence-corrected chi connectivity index (χ4v) is 2.12. The predicted octanol–water partition coefficient (Wildman–Crippen LogP) is 4.04. The van der Waals surface area contributed by atoms with E-state index < -0.39 is 11.6 Å². The Morgan fingerprint density at radius 2 is 1.88 bits per heavy atom. The fourth-order valence-electron chi connectivity index (χ4n) is 2.12. The van der Waals surface area contributed by atoms with Crippen molar-refractivity contribution in [3.05, 3.63) is 60.3 Å². The average molecular weight is 343 g/mol. The highest BCUT2D eigenvalue weighted by Gasteiger charge is 2.08. The lowest BCUT2D eigenvalue weighted by Gasteiger charge is -2.12. The summed E-state index contributed by atoms with van der Waals surface area (Å²) in [6, 6.07) is 10.5. The predicted molar refractivity (Wildman–Crippen MR) is 90.4 cm³/mol. The van der Waals surface area contributed by atoms with Crippen LogP contribution in [-0.2, 0) is 0 Å². The molecule has 1 heterocycles. The minimum absolute atomic E-state index is 0.0510. The number of nitrogens with zero attached hydrogens (tertiary/aromatic N) is 3. The van der Waals surface area contributed by atoms with Gasteiger partial charge in [-0.2, -0.15) is 10.1 Å². The summed E-state index contributed by atoms with van der Waals surface area (Å²) in [4.78, 5) is 4.22. The van der Waals surface area contributed by atoms with Crippen molar-refractivity contribution in [2.45, 2.75) is 6.92 Å². The number of anilines is 4. The van der Waals surface area contributed by atoms with Crippen molar-refractivity contribution in [3.8, 4) is 5.75 Å². The van der Waals surface area contributed by atoms with E-state index in [4.69, 9.17) is 4.74 Å². The van der Waals surface area contributed by atoms with E-state index in [2.05, 4.69) is 25.8 Å². The Labute approximate surface area is 142 Å². The van der Waals surface area contributed by atoms with Crippen molar-refractivity contribution in [1.29, 1.82) is 0 Å². The summed E-state index contributed by atoms with van der Waals surface area (Å²) in [7, 11) is 0. The van der Waals surface area contributed by atoms with Gasteiger partial charge in [0, 0.05) is 6.07 Å². The molecule has 0 amide bonds. The summed E-state index contributed by atoms with van der Waals surface area (Å²) in [6.07, 6.45) is 1.43. The zero-order valence-electron chi connectivity index (χ0n) is 13.3. The quantitative estimate of drug-likeness (QED) is 0.704. The van der Waals surface area contributed by atoms with Crippen LogP contribution in [0.1, 0.15) is 6.92 Å². The molecule has 0 saturated carbocycles. The molecule has 128 valence electrons. The largest absolute Gasteiger partial charge is 0.492 e. The Balaban J connectivity index is 1.80. The first-order valence-electron chi connectivity index (χ1n) is 7.56. The molecule has 0 fully saturated rings. The maximum atomic E-state index is 13.7. The Morgan fingerprint density at radius 3 is 2.68 bits per heavy atom. The van der Waals surface area contributed by atoms with Crippen molar-refractivity contribution in [2.24, 2.45) is 0 Å². The van der Waals surface area contributed by atoms with Gasteiger partial charge in [-0.15, -0.1) is 5.10 Å². The molecule has 0 saturated heterocycles. The summed E-state index contributed by atoms with van der Waals surface area (Å²) in [5.74, 6) is -0.270. The second kappa shape index (κ2) is 7.52. The molecule has 0 unspecified atom stereocenters. The second-order valence-electron chi connectivity index (χ2n) is 4.97. The smallest absolute Gasteiger partial charge is 0.249 e. The molecule has 0 aliphatic rings. The topological polar surface area (TPSA) is 72.0 Å². The lowest BCUT2D eigenvalue weighted by molar-refractivity contribution is 0.342. The van der Waals surface area contributed by atoms with Crippen LogP contribution in [0, 0.1) is 11.6 Å². The highest BCUT2D eigenvalue weighted by Crippen LogP contribution is 2.27. The first kappa shape index (κ1) is 16.6. The van der Waals surface area contributed by atoms with Crippen molar-refractivity contribution < 1.29 is 13.5 Å². The van der Waals surface area contributed by atoms with Crippen LogP contribution in [0.15, 0.2) is 48.7 Å². The monoisotopic (exact) mass is 343 g/mol. The van der Waals surface area contributed by atoms with Crippen molar-refractivity contribution in [2.75, 3.05) is 17.2 Å². The van der Waals surface area contributed by atoms with Gasteiger partial charge < -0.3 is 15.4 Å². The molecular formula is C17H15F2N5O. The van der Waals surface area contributed by atoms with Gasteiger partial charge in [0.05, 0.1) is 24.2 Å². The first-order chi connectivity index (χ1) is 12.2. The van der Waals surface area contributed by atoms with Crippen LogP contribution in [0.2, 0.25) is 0 Å². The van der Waals surface area contributed by atoms with E-state index in [0.717, 1.165) is 12.1 Å². The molecule has 0 radical (unpaired) electrons. The molecule has 0 aliphatic carbocycles. The van der Waals surface area contributed by atoms with E-state index in [9.17, 15) is 8.78 Å². The Bertz CT molecular complexity index is 875. The van der Waals surface area contributed by atoms with Gasteiger partial charge in [0.2, 0.25) is 5.95 Å². The first-order valence-corrected chi connectivity index (χ1v) is 7.56. The number of rotatable bonds is 6. The number of nitrogens with one attached hydrogen (secondary N) is 2. The third-order valence-electron chi connectivity index (χ3n) is 3.19. The lowest BCUT2D eigenvalue weighted by Crippen LogP contribution is -2.04. The van der Waals surface area contributed by atoms with Gasteiger partial charge in [0.1, 0.15) is 17.4 Å². The van der Waals surface area contributed by atoms with Crippen molar-refractivity contribution in [3.63, 3.8) is 0 Å². The summed E-state index contributed by atoms with van der Waals surface area (Å²) in [5, 5.41) is 13.4. The Kier molecular flexibility index (Phi) is 4.98. The van der Waals surface area contributed by atoms with Crippen LogP contribution < -0.4 is 15.4 Å². The number of hydrogen-bond acceptors (Lipinski definition) is 6. The summed E-state index contributed by atoms with van der Waals surface area (Å²) in [6.45, 7) is 2.42. The van der Waals surface area contributed by atoms with Gasteiger partial charge >= 0.3 is 0 Å². The van der Waals surface area contributed by atoms with Gasteiger partial charge in [-0.1, -0.05) is 12.1 Å². The molecule has 6 nitrogen and oxygen atoms in total. The average Bonchev–Trinajstić information content (AvgIpc) is 2.60. The lowest BCUT2D eigenvalue weighted by atomic mass is 10.3. The molecule has 0 aliphatic heterocycles. The minimum Gasteiger partial charge on any atom is -0.492 e. The molecule has 0 spiro atoms. The SMILES string of the molecule is CCOc1ccccc1Nc1cnnc(Nc2ccc(F)cc2F)n1. The molecule has 3 aromatic rings. The van der Waals surface area contributed by atoms with Crippen molar-refractivity contribution in [1.82, 2.24) is 15.2 Å². The molecule has 2 N–H and O–H groups in total. The van der Waals surface area contributed by atoms with Crippen LogP contribution in [0.5, 0.6) is 5.75 Å². The maximum absolute atomic E-state index is 13.7. The molecule has 0 atom stereocenters. The third-order valence-corrected chi connectivity index (χ3v) is 3.19. The van der Waals surface area contributed by atoms with Crippen LogP contribution in [0.3, 0.4) is 0 Å². The van der Waals surface area contributed by atoms with E-state index in [0.29, 0.717) is 23.9 Å². The minimum atomic E-state index is -0.747. The number of aromatic nitrogens is 3. The molecule has 25 heavy (non-hydrogen) atoms. The summed E-state index contributed by atoms with van der Waals surface area (Å²) in [5.41, 5.74) is 0.763. The Hall–Kier alpha value is -3.29. The number of halogens is 2. The van der Waals surface area contributed by atoms with Crippen LogP contribution in [-0.4, -0.2) is 21.8 Å². The van der Waals surface area contributed by atoms with Gasteiger partial charge in [0.25, 0.3) is 0 Å². The fraction of sp³-hybridized carbons (Fsp3) is 0.118. The number of ether oxygens (including phenoxy) is 1. The van der Waals surface area contributed by atoms with E-state index in [-0.39, 0.29) is 11.6 Å². The van der Waals surface area contributed by atoms with Gasteiger partial charge in [-0.05, 0) is 31.2 Å². The second-order valence-corrected chi connectivity index (χ2v) is 4.97. The molecule has 0 bridgehead atoms. The van der Waals surface area contributed by atoms with Gasteiger partial charge in [0.15, 0.2) is 5.82 Å². The molecular weight excluding hydrogens is 328 g/mol. The van der Waals surface area contributed by atoms with E-state index in [1.807, 2.05) is 31.2 Å². The molecule has 2 aromatic carbocycles. The highest BCUT2D eigenvalue weighted by molar-refractivity contribution is 5.64. The number of hydrogen-bond donors (Lipinski definition) is 2. The van der Waals surface area contributed by atoms with Crippen LogP contribution in [0.4, 0.5) is 31.9 Å². The zero-order chi connectivity index (χ0) is 17.6. The standard InChI is InChI=1S/C17H15F2N5O/c1-2-25-15-6-4-3-5-14(15)21-16-10-20-24-17(23-16)22-13-8-7-11(18)9-12(13)19/h3-10H,2H2,1H3,(H2,21,22,23,24). The van der Waals surface area contributed by atoms with Crippen LogP contribution in [0.25, 0.3) is 0 Å².